The van der Waals surface area contributed by atoms with Gasteiger partial charge in [-0.2, -0.15) is 0 Å². The number of hydrogen-bond donors (Lipinski definition) is 0. The van der Waals surface area contributed by atoms with Gasteiger partial charge in [-0.3, -0.25) is 0 Å². The summed E-state index contributed by atoms with van der Waals surface area (Å²) in [5.41, 5.74) is 0. The maximum atomic E-state index is 4.25. The molecule has 0 saturated carbocycles. The minimum absolute atomic E-state index is 0.742. The van der Waals surface area contributed by atoms with Crippen LogP contribution in [-0.4, -0.2) is 16.1 Å². The smallest absolute Gasteiger partial charge is 0.149 e. The van der Waals surface area contributed by atoms with Crippen molar-refractivity contribution in [3.05, 3.63) is 11.6 Å². The van der Waals surface area contributed by atoms with E-state index in [1.54, 1.807) is 11.3 Å². The van der Waals surface area contributed by atoms with Crippen LogP contribution in [0.25, 0.3) is 0 Å². The van der Waals surface area contributed by atoms with Gasteiger partial charge < -0.3 is 0 Å². The second-order valence-corrected chi connectivity index (χ2v) is 6.08. The number of thioether (sulfide) groups is 1. The lowest BCUT2D eigenvalue weighted by Gasteiger charge is -2.16. The molecule has 1 rings (SSSR count). The third-order valence-electron chi connectivity index (χ3n) is 1.97. The maximum absolute atomic E-state index is 4.25. The molecule has 0 saturated heterocycles. The van der Waals surface area contributed by atoms with Crippen LogP contribution in [0.3, 0.4) is 0 Å². The van der Waals surface area contributed by atoms with Crippen LogP contribution >= 0.6 is 39.0 Å². The first-order chi connectivity index (χ1) is 6.24. The Labute approximate surface area is 96.5 Å². The molecule has 1 unspecified atom stereocenters. The fourth-order valence-electron chi connectivity index (χ4n) is 0.875. The Balaban J connectivity index is 2.32. The Kier molecular flexibility index (Phi) is 5.36. The summed E-state index contributed by atoms with van der Waals surface area (Å²) in [4.78, 5) is 4.25. The molecule has 0 spiro atoms. The molecule has 0 fully saturated rings. The van der Waals surface area contributed by atoms with E-state index in [1.165, 1.54) is 4.34 Å². The van der Waals surface area contributed by atoms with E-state index in [2.05, 4.69) is 34.8 Å². The van der Waals surface area contributed by atoms with Gasteiger partial charge in [0.2, 0.25) is 0 Å². The summed E-state index contributed by atoms with van der Waals surface area (Å²) >= 11 is 7.14. The predicted molar refractivity (Wildman–Crippen MR) is 65.0 cm³/mol. The van der Waals surface area contributed by atoms with E-state index < -0.39 is 0 Å². The van der Waals surface area contributed by atoms with Crippen molar-refractivity contribution in [3.63, 3.8) is 0 Å². The Hall–Kier alpha value is 0.460. The van der Waals surface area contributed by atoms with Crippen LogP contribution in [0.4, 0.5) is 0 Å². The molecule has 0 N–H and O–H groups in total. The second kappa shape index (κ2) is 6.04. The quantitative estimate of drug-likeness (QED) is 0.599. The van der Waals surface area contributed by atoms with Crippen molar-refractivity contribution in [2.24, 2.45) is 11.8 Å². The Morgan fingerprint density at radius 1 is 1.62 bits per heavy atom. The molecule has 13 heavy (non-hydrogen) atoms. The lowest BCUT2D eigenvalue weighted by atomic mass is 10.0. The molecule has 1 aromatic rings. The van der Waals surface area contributed by atoms with Gasteiger partial charge in [-0.15, -0.1) is 11.3 Å². The van der Waals surface area contributed by atoms with Crippen molar-refractivity contribution >= 4 is 39.0 Å². The molecule has 1 atom stereocenters. The molecule has 0 aromatic carbocycles. The van der Waals surface area contributed by atoms with Crippen molar-refractivity contribution in [2.45, 2.75) is 18.2 Å². The van der Waals surface area contributed by atoms with Crippen LogP contribution in [0.1, 0.15) is 13.8 Å². The molecule has 1 aromatic heterocycles. The largest absolute Gasteiger partial charge is 0.238 e. The molecule has 4 heteroatoms. The SMILES string of the molecule is CC(C)C(CBr)CSc1nccs1. The fourth-order valence-corrected chi connectivity index (χ4v) is 4.15. The highest BCUT2D eigenvalue weighted by Crippen LogP contribution is 2.26. The van der Waals surface area contributed by atoms with Gasteiger partial charge in [-0.25, -0.2) is 4.98 Å². The molecular weight excluding hydrogens is 266 g/mol. The predicted octanol–water partition coefficient (Wildman–Crippen LogP) is 3.90. The van der Waals surface area contributed by atoms with E-state index in [9.17, 15) is 0 Å². The first kappa shape index (κ1) is 11.5. The van der Waals surface area contributed by atoms with E-state index in [0.29, 0.717) is 0 Å². The molecule has 74 valence electrons. The average molecular weight is 280 g/mol. The van der Waals surface area contributed by atoms with Gasteiger partial charge in [0, 0.05) is 22.7 Å². The van der Waals surface area contributed by atoms with Gasteiger partial charge in [-0.05, 0) is 11.8 Å². The standard InChI is InChI=1S/C9H14BrNS2/c1-7(2)8(5-10)6-13-9-11-3-4-12-9/h3-4,7-8H,5-6H2,1-2H3. The van der Waals surface area contributed by atoms with Gasteiger partial charge in [0.15, 0.2) is 0 Å². The molecule has 0 bridgehead atoms. The maximum Gasteiger partial charge on any atom is 0.149 e. The number of aromatic nitrogens is 1. The number of alkyl halides is 1. The van der Waals surface area contributed by atoms with Crippen molar-refractivity contribution in [2.75, 3.05) is 11.1 Å². The fraction of sp³-hybridized carbons (Fsp3) is 0.667. The van der Waals surface area contributed by atoms with Gasteiger partial charge in [0.1, 0.15) is 4.34 Å². The normalized spacial score (nSPS) is 13.5. The average Bonchev–Trinajstić information content (AvgIpc) is 2.57. The van der Waals surface area contributed by atoms with E-state index in [1.807, 2.05) is 23.3 Å². The third kappa shape index (κ3) is 4.00. The molecule has 0 radical (unpaired) electrons. The first-order valence-corrected chi connectivity index (χ1v) is 7.31. The van der Waals surface area contributed by atoms with Crippen molar-refractivity contribution in [1.29, 1.82) is 0 Å². The van der Waals surface area contributed by atoms with Crippen LogP contribution < -0.4 is 0 Å². The number of nitrogens with zero attached hydrogens (tertiary/aromatic N) is 1. The van der Waals surface area contributed by atoms with Gasteiger partial charge >= 0.3 is 0 Å². The van der Waals surface area contributed by atoms with Gasteiger partial charge in [0.25, 0.3) is 0 Å². The lowest BCUT2D eigenvalue weighted by molar-refractivity contribution is 0.474. The van der Waals surface area contributed by atoms with E-state index in [-0.39, 0.29) is 0 Å². The molecular formula is C9H14BrNS2. The summed E-state index contributed by atoms with van der Waals surface area (Å²) < 4.78 is 1.19. The molecule has 1 heterocycles. The monoisotopic (exact) mass is 279 g/mol. The molecule has 0 amide bonds. The van der Waals surface area contributed by atoms with Crippen LogP contribution in [0.2, 0.25) is 0 Å². The number of hydrogen-bond acceptors (Lipinski definition) is 3. The Bertz CT molecular complexity index is 224. The summed E-state index contributed by atoms with van der Waals surface area (Å²) in [6, 6.07) is 0. The van der Waals surface area contributed by atoms with E-state index in [4.69, 9.17) is 0 Å². The van der Waals surface area contributed by atoms with Crippen molar-refractivity contribution in [3.8, 4) is 0 Å². The highest BCUT2D eigenvalue weighted by molar-refractivity contribution is 9.09. The minimum Gasteiger partial charge on any atom is -0.238 e. The zero-order chi connectivity index (χ0) is 9.68. The summed E-state index contributed by atoms with van der Waals surface area (Å²) in [5.74, 6) is 2.65. The highest BCUT2D eigenvalue weighted by atomic mass is 79.9. The van der Waals surface area contributed by atoms with E-state index >= 15 is 0 Å². The third-order valence-corrected chi connectivity index (χ3v) is 4.96. The summed E-state index contributed by atoms with van der Waals surface area (Å²) in [6.07, 6.45) is 1.87. The van der Waals surface area contributed by atoms with Crippen LogP contribution in [-0.2, 0) is 0 Å². The zero-order valence-electron chi connectivity index (χ0n) is 7.87. The molecule has 0 aliphatic rings. The number of rotatable bonds is 5. The van der Waals surface area contributed by atoms with Crippen LogP contribution in [0.15, 0.2) is 15.9 Å². The zero-order valence-corrected chi connectivity index (χ0v) is 11.1. The minimum atomic E-state index is 0.742. The van der Waals surface area contributed by atoms with E-state index in [0.717, 1.165) is 22.9 Å². The van der Waals surface area contributed by atoms with Gasteiger partial charge in [0.05, 0.1) is 0 Å². The Morgan fingerprint density at radius 3 is 2.85 bits per heavy atom. The number of thiazole rings is 1. The van der Waals surface area contributed by atoms with Crippen LogP contribution in [0.5, 0.6) is 0 Å². The summed E-state index contributed by atoms with van der Waals surface area (Å²) in [5, 5.41) is 3.11. The molecule has 0 aliphatic heterocycles. The van der Waals surface area contributed by atoms with Gasteiger partial charge in [-0.1, -0.05) is 41.5 Å². The van der Waals surface area contributed by atoms with Crippen molar-refractivity contribution in [1.82, 2.24) is 4.98 Å². The lowest BCUT2D eigenvalue weighted by Crippen LogP contribution is -2.12. The van der Waals surface area contributed by atoms with Crippen molar-refractivity contribution < 1.29 is 0 Å². The second-order valence-electron chi connectivity index (χ2n) is 3.27. The topological polar surface area (TPSA) is 12.9 Å². The first-order valence-electron chi connectivity index (χ1n) is 4.32. The highest BCUT2D eigenvalue weighted by Gasteiger charge is 2.12. The van der Waals surface area contributed by atoms with Crippen LogP contribution in [0, 0.1) is 11.8 Å². The molecule has 0 aliphatic carbocycles. The Morgan fingerprint density at radius 2 is 2.38 bits per heavy atom. The summed E-state index contributed by atoms with van der Waals surface area (Å²) in [7, 11) is 0. The number of halogens is 1. The molecule has 1 nitrogen and oxygen atoms in total. The summed E-state index contributed by atoms with van der Waals surface area (Å²) in [6.45, 7) is 4.54.